The van der Waals surface area contributed by atoms with E-state index < -0.39 is 11.9 Å². The first-order valence-electron chi connectivity index (χ1n) is 7.66. The number of anilines is 1. The number of nitrogens with one attached hydrogen (secondary N) is 1. The molecule has 0 amide bonds. The molecule has 1 aromatic carbocycles. The molecule has 2 heterocycles. The number of aliphatic carboxylic acids is 2. The maximum Gasteiger partial charge on any atom is 0.328 e. The molecule has 3 rings (SSSR count). The molecule has 1 atom stereocenters. The van der Waals surface area contributed by atoms with Crippen LogP contribution in [0.2, 0.25) is 5.02 Å². The van der Waals surface area contributed by atoms with Crippen molar-refractivity contribution in [1.29, 1.82) is 0 Å². The SMILES string of the molecule is C[C@@H]1CNCCN1c1cc(Cl)cc2ccoc12.O=C(O)/C=C/C(=O)O. The van der Waals surface area contributed by atoms with Crippen LogP contribution >= 0.6 is 11.6 Å². The third kappa shape index (κ3) is 5.23. The van der Waals surface area contributed by atoms with Gasteiger partial charge < -0.3 is 24.8 Å². The fraction of sp³-hybridized carbons (Fsp3) is 0.294. The molecule has 1 aliphatic heterocycles. The summed E-state index contributed by atoms with van der Waals surface area (Å²) in [7, 11) is 0. The summed E-state index contributed by atoms with van der Waals surface area (Å²) >= 11 is 6.16. The molecule has 0 unspecified atom stereocenters. The highest BCUT2D eigenvalue weighted by molar-refractivity contribution is 6.31. The minimum absolute atomic E-state index is 0.454. The summed E-state index contributed by atoms with van der Waals surface area (Å²) in [5.74, 6) is -2.51. The van der Waals surface area contributed by atoms with Crippen LogP contribution in [-0.2, 0) is 9.59 Å². The summed E-state index contributed by atoms with van der Waals surface area (Å²) < 4.78 is 5.58. The van der Waals surface area contributed by atoms with E-state index in [1.165, 1.54) is 0 Å². The number of carbonyl (C=O) groups is 2. The van der Waals surface area contributed by atoms with E-state index in [4.69, 9.17) is 26.2 Å². The molecule has 0 spiro atoms. The second-order valence-corrected chi connectivity index (χ2v) is 5.96. The number of carboxylic acid groups (broad SMARTS) is 2. The Morgan fingerprint density at radius 2 is 2.00 bits per heavy atom. The van der Waals surface area contributed by atoms with Gasteiger partial charge in [0.2, 0.25) is 0 Å². The topological polar surface area (TPSA) is 103 Å². The highest BCUT2D eigenvalue weighted by atomic mass is 35.5. The zero-order valence-electron chi connectivity index (χ0n) is 13.6. The van der Waals surface area contributed by atoms with Crippen LogP contribution in [0.1, 0.15) is 6.92 Å². The summed E-state index contributed by atoms with van der Waals surface area (Å²) in [6.07, 6.45) is 2.84. The molecule has 0 saturated carbocycles. The van der Waals surface area contributed by atoms with Crippen molar-refractivity contribution in [1.82, 2.24) is 5.32 Å². The monoisotopic (exact) mass is 366 g/mol. The lowest BCUT2D eigenvalue weighted by molar-refractivity contribution is -0.134. The van der Waals surface area contributed by atoms with Crippen molar-refractivity contribution in [2.45, 2.75) is 13.0 Å². The molecule has 1 fully saturated rings. The second kappa shape index (κ2) is 8.55. The van der Waals surface area contributed by atoms with Crippen molar-refractivity contribution in [2.75, 3.05) is 24.5 Å². The molecular formula is C17H19ClN2O5. The van der Waals surface area contributed by atoms with Crippen LogP contribution in [-0.4, -0.2) is 47.8 Å². The Morgan fingerprint density at radius 1 is 1.32 bits per heavy atom. The van der Waals surface area contributed by atoms with Gasteiger partial charge in [-0.3, -0.25) is 0 Å². The third-order valence-corrected chi connectivity index (χ3v) is 3.89. The van der Waals surface area contributed by atoms with E-state index in [1.807, 2.05) is 18.2 Å². The van der Waals surface area contributed by atoms with E-state index in [0.717, 1.165) is 41.3 Å². The Balaban J connectivity index is 0.000000242. The maximum atomic E-state index is 9.55. The van der Waals surface area contributed by atoms with Crippen molar-refractivity contribution in [3.63, 3.8) is 0 Å². The van der Waals surface area contributed by atoms with Gasteiger partial charge >= 0.3 is 11.9 Å². The van der Waals surface area contributed by atoms with Crippen molar-refractivity contribution >= 4 is 40.2 Å². The minimum Gasteiger partial charge on any atom is -0.478 e. The van der Waals surface area contributed by atoms with Crippen LogP contribution in [0.25, 0.3) is 11.0 Å². The highest BCUT2D eigenvalue weighted by Gasteiger charge is 2.21. The summed E-state index contributed by atoms with van der Waals surface area (Å²) in [6.45, 7) is 5.19. The lowest BCUT2D eigenvalue weighted by atomic mass is 10.1. The number of nitrogens with zero attached hydrogens (tertiary/aromatic N) is 1. The first-order valence-corrected chi connectivity index (χ1v) is 8.04. The van der Waals surface area contributed by atoms with Crippen molar-refractivity contribution in [2.24, 2.45) is 0 Å². The number of rotatable bonds is 3. The molecule has 2 aromatic rings. The first kappa shape index (κ1) is 18.8. The van der Waals surface area contributed by atoms with E-state index >= 15 is 0 Å². The van der Waals surface area contributed by atoms with Gasteiger partial charge in [-0.25, -0.2) is 9.59 Å². The molecule has 1 saturated heterocycles. The number of hydrogen-bond acceptors (Lipinski definition) is 5. The van der Waals surface area contributed by atoms with Crippen molar-refractivity contribution < 1.29 is 24.2 Å². The van der Waals surface area contributed by atoms with Crippen LogP contribution in [0.3, 0.4) is 0 Å². The van der Waals surface area contributed by atoms with Crippen LogP contribution in [0, 0.1) is 0 Å². The summed E-state index contributed by atoms with van der Waals surface area (Å²) in [5, 5.41) is 20.8. The largest absolute Gasteiger partial charge is 0.478 e. The van der Waals surface area contributed by atoms with E-state index in [2.05, 4.69) is 17.1 Å². The van der Waals surface area contributed by atoms with Crippen LogP contribution in [0.15, 0.2) is 41.0 Å². The van der Waals surface area contributed by atoms with Gasteiger partial charge in [-0.1, -0.05) is 11.6 Å². The van der Waals surface area contributed by atoms with Gasteiger partial charge in [-0.05, 0) is 25.1 Å². The number of hydrogen-bond donors (Lipinski definition) is 3. The van der Waals surface area contributed by atoms with Gasteiger partial charge in [0.05, 0.1) is 12.0 Å². The van der Waals surface area contributed by atoms with Crippen molar-refractivity contribution in [3.8, 4) is 0 Å². The van der Waals surface area contributed by atoms with Gasteiger partial charge in [0.25, 0.3) is 0 Å². The zero-order chi connectivity index (χ0) is 18.4. The van der Waals surface area contributed by atoms with E-state index in [9.17, 15) is 9.59 Å². The van der Waals surface area contributed by atoms with E-state index in [-0.39, 0.29) is 0 Å². The molecule has 0 radical (unpaired) electrons. The molecule has 134 valence electrons. The fourth-order valence-electron chi connectivity index (χ4n) is 2.58. The second-order valence-electron chi connectivity index (χ2n) is 5.52. The summed E-state index contributed by atoms with van der Waals surface area (Å²) in [6, 6.07) is 6.35. The van der Waals surface area contributed by atoms with E-state index in [1.54, 1.807) is 6.26 Å². The third-order valence-electron chi connectivity index (χ3n) is 3.68. The molecule has 8 heteroatoms. The number of furan rings is 1. The molecular weight excluding hydrogens is 348 g/mol. The van der Waals surface area contributed by atoms with Gasteiger partial charge in [-0.2, -0.15) is 0 Å². The highest BCUT2D eigenvalue weighted by Crippen LogP contribution is 2.32. The maximum absolute atomic E-state index is 9.55. The summed E-state index contributed by atoms with van der Waals surface area (Å²) in [4.78, 5) is 21.5. The Hall–Kier alpha value is -2.51. The Morgan fingerprint density at radius 3 is 2.60 bits per heavy atom. The predicted octanol–water partition coefficient (Wildman–Crippen LogP) is 2.60. The molecule has 1 aliphatic rings. The smallest absolute Gasteiger partial charge is 0.328 e. The standard InChI is InChI=1S/C13H15ClN2O.C4H4O4/c1-9-8-15-3-4-16(9)12-7-11(14)6-10-2-5-17-13(10)12;5-3(6)1-2-4(7)8/h2,5-7,9,15H,3-4,8H2,1H3;1-2H,(H,5,6)(H,7,8)/b;2-1+/t9-;/m1./s1. The first-order chi connectivity index (χ1) is 11.9. The van der Waals surface area contributed by atoms with Gasteiger partial charge in [0, 0.05) is 48.2 Å². The van der Waals surface area contributed by atoms with Gasteiger partial charge in [0.1, 0.15) is 0 Å². The minimum atomic E-state index is -1.26. The lowest BCUT2D eigenvalue weighted by Crippen LogP contribution is -2.50. The number of benzene rings is 1. The molecule has 3 N–H and O–H groups in total. The molecule has 0 aliphatic carbocycles. The Bertz CT molecular complexity index is 770. The fourth-order valence-corrected chi connectivity index (χ4v) is 2.80. The predicted molar refractivity (Wildman–Crippen MR) is 95.3 cm³/mol. The lowest BCUT2D eigenvalue weighted by Gasteiger charge is -2.35. The molecule has 25 heavy (non-hydrogen) atoms. The number of carboxylic acids is 2. The average molecular weight is 367 g/mol. The Kier molecular flexibility index (Phi) is 6.44. The molecule has 0 bridgehead atoms. The van der Waals surface area contributed by atoms with Crippen LogP contribution < -0.4 is 10.2 Å². The average Bonchev–Trinajstić information content (AvgIpc) is 3.01. The van der Waals surface area contributed by atoms with Crippen molar-refractivity contribution in [3.05, 3.63) is 41.6 Å². The number of piperazine rings is 1. The normalized spacial score (nSPS) is 17.4. The van der Waals surface area contributed by atoms with Gasteiger partial charge in [0.15, 0.2) is 5.58 Å². The molecule has 1 aromatic heterocycles. The van der Waals surface area contributed by atoms with E-state index in [0.29, 0.717) is 18.2 Å². The quantitative estimate of drug-likeness (QED) is 0.717. The van der Waals surface area contributed by atoms with Gasteiger partial charge in [-0.15, -0.1) is 0 Å². The van der Waals surface area contributed by atoms with Crippen LogP contribution in [0.5, 0.6) is 0 Å². The number of fused-ring (bicyclic) bond motifs is 1. The van der Waals surface area contributed by atoms with Crippen LogP contribution in [0.4, 0.5) is 5.69 Å². The number of halogens is 1. The Labute approximate surface area is 149 Å². The molecule has 7 nitrogen and oxygen atoms in total. The zero-order valence-corrected chi connectivity index (χ0v) is 14.4. The summed E-state index contributed by atoms with van der Waals surface area (Å²) in [5.41, 5.74) is 2.04.